The third-order valence-corrected chi connectivity index (χ3v) is 6.20. The Morgan fingerprint density at radius 3 is 2.84 bits per heavy atom. The summed E-state index contributed by atoms with van der Waals surface area (Å²) in [4.78, 5) is 15.8. The highest BCUT2D eigenvalue weighted by Crippen LogP contribution is 2.34. The monoisotopic (exact) mass is 436 g/mol. The second-order valence-corrected chi connectivity index (χ2v) is 8.28. The standard InChI is InChI=1S/C24H24N2O4S/c1-16-19(17(2)30-25-16)15-29-21-10-8-18(14-22(21)28-3)9-11-24(27)26-12-13-31-23-7-5-4-6-20(23)26/h4-11,14H,12-13,15H2,1-3H3/b11-9+. The first kappa shape index (κ1) is 21.1. The fraction of sp³-hybridized carbons (Fsp3) is 0.250. The molecule has 7 heteroatoms. The number of thioether (sulfide) groups is 1. The van der Waals surface area contributed by atoms with Crippen LogP contribution >= 0.6 is 11.8 Å². The van der Waals surface area contributed by atoms with Crippen molar-refractivity contribution in [3.05, 3.63) is 71.1 Å². The minimum absolute atomic E-state index is 0.0366. The van der Waals surface area contributed by atoms with E-state index in [2.05, 4.69) is 11.2 Å². The van der Waals surface area contributed by atoms with Crippen LogP contribution in [0.25, 0.3) is 6.08 Å². The summed E-state index contributed by atoms with van der Waals surface area (Å²) in [6.45, 7) is 4.79. The van der Waals surface area contributed by atoms with Gasteiger partial charge in [-0.25, -0.2) is 0 Å². The number of fused-ring (bicyclic) bond motifs is 1. The van der Waals surface area contributed by atoms with Crippen LogP contribution < -0.4 is 14.4 Å². The van der Waals surface area contributed by atoms with Gasteiger partial charge in [-0.3, -0.25) is 4.79 Å². The van der Waals surface area contributed by atoms with E-state index in [9.17, 15) is 4.79 Å². The Hall–Kier alpha value is -3.19. The van der Waals surface area contributed by atoms with Crippen LogP contribution in [0.5, 0.6) is 11.5 Å². The molecule has 2 heterocycles. The number of aromatic nitrogens is 1. The predicted molar refractivity (Wildman–Crippen MR) is 122 cm³/mol. The van der Waals surface area contributed by atoms with Gasteiger partial charge in [0.15, 0.2) is 11.5 Å². The average molecular weight is 437 g/mol. The van der Waals surface area contributed by atoms with Gasteiger partial charge < -0.3 is 18.9 Å². The van der Waals surface area contributed by atoms with E-state index in [4.69, 9.17) is 14.0 Å². The van der Waals surface area contributed by atoms with E-state index >= 15 is 0 Å². The Balaban J connectivity index is 1.47. The molecule has 0 N–H and O–H groups in total. The molecule has 0 unspecified atom stereocenters. The van der Waals surface area contributed by atoms with Gasteiger partial charge in [0.1, 0.15) is 12.4 Å². The molecular formula is C24H24N2O4S. The Kier molecular flexibility index (Phi) is 6.32. The highest BCUT2D eigenvalue weighted by molar-refractivity contribution is 7.99. The van der Waals surface area contributed by atoms with E-state index in [1.807, 2.05) is 55.1 Å². The average Bonchev–Trinajstić information content (AvgIpc) is 3.12. The molecule has 160 valence electrons. The van der Waals surface area contributed by atoms with Crippen LogP contribution in [0.15, 0.2) is 58.0 Å². The highest BCUT2D eigenvalue weighted by atomic mass is 32.2. The molecule has 31 heavy (non-hydrogen) atoms. The molecular weight excluding hydrogens is 412 g/mol. The van der Waals surface area contributed by atoms with E-state index in [0.29, 0.717) is 24.7 Å². The van der Waals surface area contributed by atoms with Crippen LogP contribution in [0, 0.1) is 13.8 Å². The van der Waals surface area contributed by atoms with Gasteiger partial charge in [-0.2, -0.15) is 0 Å². The minimum Gasteiger partial charge on any atom is -0.493 e. The summed E-state index contributed by atoms with van der Waals surface area (Å²) < 4.78 is 16.6. The lowest BCUT2D eigenvalue weighted by Crippen LogP contribution is -2.34. The summed E-state index contributed by atoms with van der Waals surface area (Å²) in [7, 11) is 1.60. The number of nitrogens with zero attached hydrogens (tertiary/aromatic N) is 2. The van der Waals surface area contributed by atoms with Crippen LogP contribution in [-0.4, -0.2) is 30.5 Å². The van der Waals surface area contributed by atoms with Gasteiger partial charge in [0.25, 0.3) is 5.91 Å². The lowest BCUT2D eigenvalue weighted by Gasteiger charge is -2.27. The number of carbonyl (C=O) groups excluding carboxylic acids is 1. The molecule has 1 amide bonds. The summed E-state index contributed by atoms with van der Waals surface area (Å²) in [5, 5.41) is 3.95. The molecule has 3 aromatic rings. The smallest absolute Gasteiger partial charge is 0.251 e. The van der Waals surface area contributed by atoms with E-state index in [-0.39, 0.29) is 5.91 Å². The van der Waals surface area contributed by atoms with E-state index < -0.39 is 0 Å². The number of carbonyl (C=O) groups is 1. The number of anilines is 1. The quantitative estimate of drug-likeness (QED) is 0.505. The zero-order valence-corrected chi connectivity index (χ0v) is 18.6. The lowest BCUT2D eigenvalue weighted by molar-refractivity contribution is -0.114. The van der Waals surface area contributed by atoms with Crippen molar-refractivity contribution in [2.75, 3.05) is 24.3 Å². The highest BCUT2D eigenvalue weighted by Gasteiger charge is 2.20. The fourth-order valence-corrected chi connectivity index (χ4v) is 4.42. The predicted octanol–water partition coefficient (Wildman–Crippen LogP) is 5.03. The summed E-state index contributed by atoms with van der Waals surface area (Å²) in [6, 6.07) is 13.6. The molecule has 1 aliphatic rings. The Morgan fingerprint density at radius 1 is 1.23 bits per heavy atom. The first-order valence-electron chi connectivity index (χ1n) is 10.0. The van der Waals surface area contributed by atoms with Crippen molar-refractivity contribution in [1.82, 2.24) is 5.16 Å². The van der Waals surface area contributed by atoms with Crippen LogP contribution in [-0.2, 0) is 11.4 Å². The van der Waals surface area contributed by atoms with Gasteiger partial charge in [-0.15, -0.1) is 11.8 Å². The molecule has 4 rings (SSSR count). The number of para-hydroxylation sites is 1. The van der Waals surface area contributed by atoms with Crippen molar-refractivity contribution in [1.29, 1.82) is 0 Å². The van der Waals surface area contributed by atoms with Crippen molar-refractivity contribution in [3.63, 3.8) is 0 Å². The van der Waals surface area contributed by atoms with Gasteiger partial charge >= 0.3 is 0 Å². The SMILES string of the molecule is COc1cc(/C=C/C(=O)N2CCSc3ccccc32)ccc1OCc1c(C)noc1C. The molecule has 0 saturated carbocycles. The van der Waals surface area contributed by atoms with Gasteiger partial charge in [0.2, 0.25) is 0 Å². The maximum atomic E-state index is 12.8. The second kappa shape index (κ2) is 9.31. The summed E-state index contributed by atoms with van der Waals surface area (Å²) in [6.07, 6.45) is 3.40. The number of aryl methyl sites for hydroxylation is 2. The maximum Gasteiger partial charge on any atom is 0.251 e. The van der Waals surface area contributed by atoms with E-state index in [1.165, 1.54) is 0 Å². The Morgan fingerprint density at radius 2 is 2.06 bits per heavy atom. The molecule has 6 nitrogen and oxygen atoms in total. The summed E-state index contributed by atoms with van der Waals surface area (Å²) >= 11 is 1.78. The van der Waals surface area contributed by atoms with Crippen LogP contribution in [0.4, 0.5) is 5.69 Å². The minimum atomic E-state index is -0.0366. The summed E-state index contributed by atoms with van der Waals surface area (Å²) in [5.74, 6) is 2.81. The van der Waals surface area contributed by atoms with Crippen LogP contribution in [0.1, 0.15) is 22.6 Å². The zero-order valence-electron chi connectivity index (χ0n) is 17.8. The molecule has 0 atom stereocenters. The molecule has 0 bridgehead atoms. The van der Waals surface area contributed by atoms with E-state index in [0.717, 1.165) is 38.9 Å². The topological polar surface area (TPSA) is 64.8 Å². The molecule has 1 aliphatic heterocycles. The van der Waals surface area contributed by atoms with Gasteiger partial charge in [0, 0.05) is 23.3 Å². The Labute approximate surface area is 185 Å². The van der Waals surface area contributed by atoms with Crippen LogP contribution in [0.2, 0.25) is 0 Å². The number of methoxy groups -OCH3 is 1. The number of hydrogen-bond acceptors (Lipinski definition) is 6. The molecule has 0 spiro atoms. The third kappa shape index (κ3) is 4.61. The fourth-order valence-electron chi connectivity index (χ4n) is 3.42. The first-order valence-corrected chi connectivity index (χ1v) is 11.0. The molecule has 0 fully saturated rings. The first-order chi connectivity index (χ1) is 15.1. The van der Waals surface area contributed by atoms with Gasteiger partial charge in [0.05, 0.1) is 24.1 Å². The third-order valence-electron chi connectivity index (χ3n) is 5.15. The maximum absolute atomic E-state index is 12.8. The van der Waals surface area contributed by atoms with Crippen molar-refractivity contribution >= 4 is 29.4 Å². The second-order valence-electron chi connectivity index (χ2n) is 7.14. The number of hydrogen-bond donors (Lipinski definition) is 0. The van der Waals surface area contributed by atoms with Crippen molar-refractivity contribution < 1.29 is 18.8 Å². The number of rotatable bonds is 6. The van der Waals surface area contributed by atoms with Crippen molar-refractivity contribution in [2.45, 2.75) is 25.3 Å². The van der Waals surface area contributed by atoms with Gasteiger partial charge in [-0.1, -0.05) is 23.4 Å². The molecule has 0 aliphatic carbocycles. The zero-order chi connectivity index (χ0) is 21.8. The Bertz CT molecular complexity index is 1100. The largest absolute Gasteiger partial charge is 0.493 e. The number of amides is 1. The van der Waals surface area contributed by atoms with Gasteiger partial charge in [-0.05, 0) is 49.8 Å². The number of benzene rings is 2. The summed E-state index contributed by atoms with van der Waals surface area (Å²) in [5.41, 5.74) is 3.56. The number of ether oxygens (including phenoxy) is 2. The lowest BCUT2D eigenvalue weighted by atomic mass is 10.1. The molecule has 1 aromatic heterocycles. The van der Waals surface area contributed by atoms with Crippen LogP contribution in [0.3, 0.4) is 0 Å². The van der Waals surface area contributed by atoms with E-state index in [1.54, 1.807) is 31.0 Å². The molecule has 0 radical (unpaired) electrons. The normalized spacial score (nSPS) is 13.3. The van der Waals surface area contributed by atoms with Crippen molar-refractivity contribution in [2.24, 2.45) is 0 Å². The van der Waals surface area contributed by atoms with Crippen molar-refractivity contribution in [3.8, 4) is 11.5 Å². The molecule has 2 aromatic carbocycles. The molecule has 0 saturated heterocycles.